The monoisotopic (exact) mass is 319 g/mol. The van der Waals surface area contributed by atoms with E-state index in [9.17, 15) is 8.78 Å². The largest absolute Gasteiger partial charge is 0.481 e. The number of alkyl halides is 2. The minimum absolute atomic E-state index is 0.178. The van der Waals surface area contributed by atoms with Crippen LogP contribution in [0.15, 0.2) is 47.2 Å². The summed E-state index contributed by atoms with van der Waals surface area (Å²) in [6.45, 7) is 0. The SMILES string of the molecule is COc1cc(Oc2ccccc2-c2cc(C(F)F)no2)ncn1. The quantitative estimate of drug-likeness (QED) is 0.711. The maximum Gasteiger partial charge on any atom is 0.283 e. The van der Waals surface area contributed by atoms with E-state index in [0.29, 0.717) is 17.2 Å². The van der Waals surface area contributed by atoms with E-state index in [1.807, 2.05) is 0 Å². The summed E-state index contributed by atoms with van der Waals surface area (Å²) >= 11 is 0. The molecule has 0 aliphatic carbocycles. The maximum atomic E-state index is 12.6. The second-order valence-corrected chi connectivity index (χ2v) is 4.41. The number of para-hydroxylation sites is 1. The lowest BCUT2D eigenvalue weighted by Crippen LogP contribution is -1.93. The average molecular weight is 319 g/mol. The highest BCUT2D eigenvalue weighted by Crippen LogP contribution is 2.34. The van der Waals surface area contributed by atoms with Crippen LogP contribution in [-0.4, -0.2) is 22.2 Å². The van der Waals surface area contributed by atoms with Crippen molar-refractivity contribution < 1.29 is 22.8 Å². The molecule has 0 N–H and O–H groups in total. The number of halogens is 2. The van der Waals surface area contributed by atoms with E-state index < -0.39 is 12.1 Å². The van der Waals surface area contributed by atoms with E-state index in [1.165, 1.54) is 25.6 Å². The van der Waals surface area contributed by atoms with Crippen molar-refractivity contribution >= 4 is 0 Å². The third kappa shape index (κ3) is 3.25. The number of nitrogens with zero attached hydrogens (tertiary/aromatic N) is 3. The van der Waals surface area contributed by atoms with Crippen molar-refractivity contribution in [1.82, 2.24) is 15.1 Å². The Hall–Kier alpha value is -3.03. The molecule has 0 fully saturated rings. The van der Waals surface area contributed by atoms with Gasteiger partial charge in [0.15, 0.2) is 5.76 Å². The van der Waals surface area contributed by atoms with Gasteiger partial charge in [0.25, 0.3) is 6.43 Å². The van der Waals surface area contributed by atoms with Gasteiger partial charge in [0.05, 0.1) is 18.7 Å². The Bertz CT molecular complexity index is 808. The fourth-order valence-corrected chi connectivity index (χ4v) is 1.88. The van der Waals surface area contributed by atoms with Crippen molar-refractivity contribution in [3.8, 4) is 28.8 Å². The molecule has 2 heterocycles. The van der Waals surface area contributed by atoms with Crippen LogP contribution in [0.5, 0.6) is 17.5 Å². The van der Waals surface area contributed by atoms with Crippen LogP contribution in [0.2, 0.25) is 0 Å². The topological polar surface area (TPSA) is 70.3 Å². The summed E-state index contributed by atoms with van der Waals surface area (Å²) in [7, 11) is 1.47. The molecular formula is C15H11F2N3O3. The highest BCUT2D eigenvalue weighted by Gasteiger charge is 2.17. The average Bonchev–Trinajstić information content (AvgIpc) is 3.06. The number of hydrogen-bond acceptors (Lipinski definition) is 6. The smallest absolute Gasteiger partial charge is 0.283 e. The molecule has 0 amide bonds. The van der Waals surface area contributed by atoms with Crippen molar-refractivity contribution in [1.29, 1.82) is 0 Å². The number of benzene rings is 1. The molecule has 0 saturated carbocycles. The molecule has 0 radical (unpaired) electrons. The molecule has 6 nitrogen and oxygen atoms in total. The van der Waals surface area contributed by atoms with Gasteiger partial charge in [-0.05, 0) is 12.1 Å². The van der Waals surface area contributed by atoms with E-state index in [1.54, 1.807) is 24.3 Å². The highest BCUT2D eigenvalue weighted by atomic mass is 19.3. The van der Waals surface area contributed by atoms with Crippen LogP contribution in [0.25, 0.3) is 11.3 Å². The summed E-state index contributed by atoms with van der Waals surface area (Å²) in [5.41, 5.74) is 0.0444. The first-order valence-electron chi connectivity index (χ1n) is 6.55. The van der Waals surface area contributed by atoms with E-state index >= 15 is 0 Å². The van der Waals surface area contributed by atoms with E-state index in [4.69, 9.17) is 14.0 Å². The van der Waals surface area contributed by atoms with Gasteiger partial charge in [-0.25, -0.2) is 18.7 Å². The van der Waals surface area contributed by atoms with Crippen molar-refractivity contribution in [2.24, 2.45) is 0 Å². The van der Waals surface area contributed by atoms with Crippen LogP contribution >= 0.6 is 0 Å². The van der Waals surface area contributed by atoms with Gasteiger partial charge in [0.2, 0.25) is 11.8 Å². The van der Waals surface area contributed by atoms with E-state index in [0.717, 1.165) is 0 Å². The molecule has 0 atom stereocenters. The second-order valence-electron chi connectivity index (χ2n) is 4.41. The van der Waals surface area contributed by atoms with Crippen molar-refractivity contribution in [3.05, 3.63) is 48.4 Å². The van der Waals surface area contributed by atoms with E-state index in [-0.39, 0.29) is 11.6 Å². The summed E-state index contributed by atoms with van der Waals surface area (Å²) in [5.74, 6) is 1.15. The number of rotatable bonds is 5. The van der Waals surface area contributed by atoms with Gasteiger partial charge in [-0.1, -0.05) is 17.3 Å². The molecule has 8 heteroatoms. The van der Waals surface area contributed by atoms with Gasteiger partial charge in [-0.3, -0.25) is 0 Å². The molecule has 3 rings (SSSR count). The first-order valence-corrected chi connectivity index (χ1v) is 6.55. The fourth-order valence-electron chi connectivity index (χ4n) is 1.88. The lowest BCUT2D eigenvalue weighted by molar-refractivity contribution is 0.140. The Morgan fingerprint density at radius 3 is 2.61 bits per heavy atom. The summed E-state index contributed by atoms with van der Waals surface area (Å²) in [4.78, 5) is 7.85. The van der Waals surface area contributed by atoms with Crippen molar-refractivity contribution in [2.75, 3.05) is 7.11 Å². The summed E-state index contributed by atoms with van der Waals surface area (Å²) in [6.07, 6.45) is -1.41. The van der Waals surface area contributed by atoms with Gasteiger partial charge < -0.3 is 14.0 Å². The van der Waals surface area contributed by atoms with Crippen LogP contribution in [0.4, 0.5) is 8.78 Å². The Morgan fingerprint density at radius 2 is 1.87 bits per heavy atom. The number of ether oxygens (including phenoxy) is 2. The maximum absolute atomic E-state index is 12.6. The molecular weight excluding hydrogens is 308 g/mol. The van der Waals surface area contributed by atoms with Crippen LogP contribution in [0.3, 0.4) is 0 Å². The molecule has 0 aliphatic rings. The lowest BCUT2D eigenvalue weighted by atomic mass is 10.1. The number of methoxy groups -OCH3 is 1. The molecule has 0 spiro atoms. The molecule has 3 aromatic rings. The zero-order valence-electron chi connectivity index (χ0n) is 11.9. The predicted molar refractivity (Wildman–Crippen MR) is 75.6 cm³/mol. The van der Waals surface area contributed by atoms with E-state index in [2.05, 4.69) is 15.1 Å². The Kier molecular flexibility index (Phi) is 4.13. The summed E-state index contributed by atoms with van der Waals surface area (Å²) < 4.78 is 40.9. The molecule has 23 heavy (non-hydrogen) atoms. The highest BCUT2D eigenvalue weighted by molar-refractivity contribution is 5.66. The molecule has 2 aromatic heterocycles. The third-order valence-corrected chi connectivity index (χ3v) is 2.95. The fraction of sp³-hybridized carbons (Fsp3) is 0.133. The van der Waals surface area contributed by atoms with Crippen LogP contribution in [0, 0.1) is 0 Å². The van der Waals surface area contributed by atoms with Gasteiger partial charge in [0, 0.05) is 6.07 Å². The molecule has 0 saturated heterocycles. The van der Waals surface area contributed by atoms with Gasteiger partial charge >= 0.3 is 0 Å². The molecule has 1 aromatic carbocycles. The molecule has 0 aliphatic heterocycles. The molecule has 118 valence electrons. The second kappa shape index (κ2) is 6.39. The Balaban J connectivity index is 1.93. The molecule has 0 unspecified atom stereocenters. The van der Waals surface area contributed by atoms with Crippen LogP contribution in [0.1, 0.15) is 12.1 Å². The summed E-state index contributed by atoms with van der Waals surface area (Å²) in [5, 5.41) is 3.34. The first-order chi connectivity index (χ1) is 11.2. The minimum atomic E-state index is -2.70. The Morgan fingerprint density at radius 1 is 1.09 bits per heavy atom. The van der Waals surface area contributed by atoms with Gasteiger partial charge in [-0.15, -0.1) is 0 Å². The standard InChI is InChI=1S/C15H11F2N3O3/c1-21-13-7-14(19-8-18-13)22-11-5-3-2-4-9(11)12-6-10(15(16)17)20-23-12/h2-8,15H,1H3. The van der Waals surface area contributed by atoms with Gasteiger partial charge in [-0.2, -0.15) is 0 Å². The zero-order valence-corrected chi connectivity index (χ0v) is 11.9. The van der Waals surface area contributed by atoms with Crippen LogP contribution < -0.4 is 9.47 Å². The van der Waals surface area contributed by atoms with Crippen molar-refractivity contribution in [2.45, 2.75) is 6.43 Å². The predicted octanol–water partition coefficient (Wildman–Crippen LogP) is 3.87. The normalized spacial score (nSPS) is 10.8. The minimum Gasteiger partial charge on any atom is -0.481 e. The van der Waals surface area contributed by atoms with Crippen LogP contribution in [-0.2, 0) is 0 Å². The molecule has 0 bridgehead atoms. The number of hydrogen-bond donors (Lipinski definition) is 0. The third-order valence-electron chi connectivity index (χ3n) is 2.95. The number of aromatic nitrogens is 3. The lowest BCUT2D eigenvalue weighted by Gasteiger charge is -2.08. The Labute approximate surface area is 129 Å². The van der Waals surface area contributed by atoms with Crippen molar-refractivity contribution in [3.63, 3.8) is 0 Å². The van der Waals surface area contributed by atoms with Gasteiger partial charge in [0.1, 0.15) is 17.8 Å². The zero-order chi connectivity index (χ0) is 16.2. The first kappa shape index (κ1) is 14.9. The summed E-state index contributed by atoms with van der Waals surface area (Å²) in [6, 6.07) is 9.47.